The molecule has 3 aromatic carbocycles. The number of hydrogen-bond donors (Lipinski definition) is 1. The molecular formula is C27H34Cl2NOPTi. The van der Waals surface area contributed by atoms with Crippen LogP contribution in [0.25, 0.3) is 0 Å². The molecule has 33 heavy (non-hydrogen) atoms. The summed E-state index contributed by atoms with van der Waals surface area (Å²) in [5.41, 5.74) is 5.98. The third kappa shape index (κ3) is 8.02. The Morgan fingerprint density at radius 3 is 2.18 bits per heavy atom. The molecule has 0 fully saturated rings. The van der Waals surface area contributed by atoms with Crippen molar-refractivity contribution in [3.05, 3.63) is 82.9 Å². The second-order valence-corrected chi connectivity index (χ2v) is 13.0. The number of phenols is 1. The summed E-state index contributed by atoms with van der Waals surface area (Å²) in [6.07, 6.45) is 0. The van der Waals surface area contributed by atoms with Crippen LogP contribution < -0.4 is 15.5 Å². The second-order valence-electron chi connectivity index (χ2n) is 9.12. The molecule has 0 saturated heterocycles. The van der Waals surface area contributed by atoms with Gasteiger partial charge in [0.1, 0.15) is 5.75 Å². The van der Waals surface area contributed by atoms with Crippen molar-refractivity contribution in [3.8, 4) is 5.75 Å². The molecule has 2 nitrogen and oxygen atoms in total. The molecule has 0 saturated carbocycles. The van der Waals surface area contributed by atoms with Gasteiger partial charge in [-0.15, -0.1) is 0 Å². The molecule has 0 radical (unpaired) electrons. The molecule has 3 rings (SSSR count). The molecule has 1 N–H and O–H groups in total. The van der Waals surface area contributed by atoms with Crippen molar-refractivity contribution in [2.24, 2.45) is 0 Å². The first-order valence-corrected chi connectivity index (χ1v) is 16.4. The van der Waals surface area contributed by atoms with Gasteiger partial charge in [-0.1, -0.05) is 77.9 Å². The fourth-order valence-electron chi connectivity index (χ4n) is 3.83. The van der Waals surface area contributed by atoms with Crippen molar-refractivity contribution in [3.63, 3.8) is 0 Å². The van der Waals surface area contributed by atoms with Crippen LogP contribution in [0.2, 0.25) is 0 Å². The van der Waals surface area contributed by atoms with Crippen LogP contribution in [0, 0.1) is 13.8 Å². The van der Waals surface area contributed by atoms with Crippen LogP contribution in [0.1, 0.15) is 49.9 Å². The molecule has 6 heteroatoms. The molecule has 0 spiro atoms. The minimum absolute atomic E-state index is 0.0906. The minimum atomic E-state index is -0.556. The predicted molar refractivity (Wildman–Crippen MR) is 145 cm³/mol. The van der Waals surface area contributed by atoms with E-state index in [9.17, 15) is 5.11 Å². The van der Waals surface area contributed by atoms with Gasteiger partial charge in [0.2, 0.25) is 0 Å². The van der Waals surface area contributed by atoms with E-state index in [1.807, 2.05) is 0 Å². The van der Waals surface area contributed by atoms with Crippen molar-refractivity contribution in [2.75, 3.05) is 11.4 Å². The third-order valence-electron chi connectivity index (χ3n) is 5.51. The second kappa shape index (κ2) is 13.2. The standard InChI is InChI=1S/C27H34NOP.2ClH.Ti/c1-7-28(18-21-13-9-8-10-14-21)23-15-11-12-20(3)26(23)30-24-17-19(2)16-22(25(24)29)27(4,5)6;;;/h8-17,29-30H,7,18H2,1-6H3;2*1H;/q;;;+2/p-2. The number of hydrogen-bond acceptors (Lipinski definition) is 2. The Bertz CT molecular complexity index is 1040. The summed E-state index contributed by atoms with van der Waals surface area (Å²) in [6, 6.07) is 21.4. The van der Waals surface area contributed by atoms with Gasteiger partial charge in [-0.05, 0) is 55.0 Å². The van der Waals surface area contributed by atoms with E-state index in [1.165, 1.54) is 27.7 Å². The zero-order chi connectivity index (χ0) is 24.6. The van der Waals surface area contributed by atoms with Gasteiger partial charge in [0.15, 0.2) is 0 Å². The van der Waals surface area contributed by atoms with Crippen molar-refractivity contribution in [1.29, 1.82) is 0 Å². The van der Waals surface area contributed by atoms with Gasteiger partial charge in [-0.2, -0.15) is 0 Å². The zero-order valence-corrected chi connectivity index (χ0v) is 24.4. The van der Waals surface area contributed by atoms with Crippen LogP contribution in [-0.2, 0) is 29.0 Å². The van der Waals surface area contributed by atoms with E-state index in [0.717, 1.165) is 24.0 Å². The number of nitrogens with zero attached hydrogens (tertiary/aromatic N) is 1. The van der Waals surface area contributed by atoms with Crippen LogP contribution >= 0.6 is 27.2 Å². The monoisotopic (exact) mass is 537 g/mol. The van der Waals surface area contributed by atoms with E-state index in [2.05, 4.69) is 107 Å². The van der Waals surface area contributed by atoms with Crippen molar-refractivity contribution >= 4 is 43.5 Å². The van der Waals surface area contributed by atoms with Crippen LogP contribution in [0.4, 0.5) is 5.69 Å². The van der Waals surface area contributed by atoms with Gasteiger partial charge in [0, 0.05) is 34.9 Å². The average Bonchev–Trinajstić information content (AvgIpc) is 2.76. The van der Waals surface area contributed by atoms with E-state index in [0.29, 0.717) is 14.3 Å². The summed E-state index contributed by atoms with van der Waals surface area (Å²) in [5.74, 6) is 0.451. The number of benzene rings is 3. The number of phenolic OH excluding ortho intramolecular Hbond substituents is 1. The Morgan fingerprint density at radius 2 is 1.61 bits per heavy atom. The van der Waals surface area contributed by atoms with Crippen LogP contribution in [-0.4, -0.2) is 11.7 Å². The number of aromatic hydroxyl groups is 1. The SMILES string of the molecule is CCN(Cc1ccccc1)c1cccc(C)c1Pc1cc(C)cc(C(C)(C)C)c1O.[Cl][Ti][Cl]. The maximum atomic E-state index is 11.1. The molecule has 3 aromatic rings. The molecule has 176 valence electrons. The zero-order valence-electron chi connectivity index (χ0n) is 20.3. The van der Waals surface area contributed by atoms with Crippen molar-refractivity contribution in [1.82, 2.24) is 0 Å². The quantitative estimate of drug-likeness (QED) is 0.262. The first kappa shape index (κ1) is 28.2. The van der Waals surface area contributed by atoms with E-state index >= 15 is 0 Å². The Hall–Kier alpha value is -1.02. The summed E-state index contributed by atoms with van der Waals surface area (Å²) in [4.78, 5) is 2.43. The van der Waals surface area contributed by atoms with Crippen molar-refractivity contribution < 1.29 is 22.1 Å². The molecule has 0 aromatic heterocycles. The van der Waals surface area contributed by atoms with E-state index < -0.39 is 17.0 Å². The predicted octanol–water partition coefficient (Wildman–Crippen LogP) is 7.34. The van der Waals surface area contributed by atoms with Gasteiger partial charge in [-0.3, -0.25) is 0 Å². The molecule has 1 atom stereocenters. The third-order valence-corrected chi connectivity index (χ3v) is 7.06. The Morgan fingerprint density at radius 1 is 0.970 bits per heavy atom. The average molecular weight is 538 g/mol. The molecule has 0 aliphatic heterocycles. The molecule has 0 aliphatic carbocycles. The topological polar surface area (TPSA) is 23.5 Å². The van der Waals surface area contributed by atoms with Crippen molar-refractivity contribution in [2.45, 2.75) is 53.5 Å². The molecule has 1 unspecified atom stereocenters. The molecule has 0 aliphatic rings. The number of halogens is 2. The normalized spacial score (nSPS) is 11.3. The van der Waals surface area contributed by atoms with E-state index in [-0.39, 0.29) is 5.41 Å². The van der Waals surface area contributed by atoms with Gasteiger partial charge in [0.25, 0.3) is 0 Å². The van der Waals surface area contributed by atoms with E-state index in [4.69, 9.17) is 18.6 Å². The molecular weight excluding hydrogens is 504 g/mol. The summed E-state index contributed by atoms with van der Waals surface area (Å²) in [7, 11) is 10.2. The molecule has 0 heterocycles. The van der Waals surface area contributed by atoms with Gasteiger partial charge >= 0.3 is 35.6 Å². The first-order valence-electron chi connectivity index (χ1n) is 11.1. The molecule has 0 bridgehead atoms. The maximum absolute atomic E-state index is 11.1. The summed E-state index contributed by atoms with van der Waals surface area (Å²) in [5, 5.41) is 13.5. The van der Waals surface area contributed by atoms with Gasteiger partial charge in [-0.25, -0.2) is 0 Å². The summed E-state index contributed by atoms with van der Waals surface area (Å²) in [6.45, 7) is 14.8. The summed E-state index contributed by atoms with van der Waals surface area (Å²) >= 11 is -0.556. The Kier molecular flexibility index (Phi) is 11.3. The van der Waals surface area contributed by atoms with Gasteiger partial charge in [0.05, 0.1) is 0 Å². The molecule has 0 amide bonds. The number of anilines is 1. The first-order chi connectivity index (χ1) is 15.6. The number of rotatable bonds is 6. The van der Waals surface area contributed by atoms with Crippen LogP contribution in [0.3, 0.4) is 0 Å². The Balaban J connectivity index is 0.00000122. The fraction of sp³-hybridized carbons (Fsp3) is 0.333. The van der Waals surface area contributed by atoms with Gasteiger partial charge < -0.3 is 10.0 Å². The summed E-state index contributed by atoms with van der Waals surface area (Å²) < 4.78 is 0. The van der Waals surface area contributed by atoms with Crippen LogP contribution in [0.5, 0.6) is 5.75 Å². The fourth-order valence-corrected chi connectivity index (χ4v) is 5.30. The number of aryl methyl sites for hydroxylation is 2. The van der Waals surface area contributed by atoms with E-state index in [1.54, 1.807) is 0 Å². The Labute approximate surface area is 218 Å². The van der Waals surface area contributed by atoms with Crippen LogP contribution in [0.15, 0.2) is 60.7 Å².